The summed E-state index contributed by atoms with van der Waals surface area (Å²) in [7, 11) is 0. The van der Waals surface area contributed by atoms with E-state index in [2.05, 4.69) is 17.6 Å². The summed E-state index contributed by atoms with van der Waals surface area (Å²) in [4.78, 5) is 52.3. The highest BCUT2D eigenvalue weighted by Crippen LogP contribution is 2.28. The molecule has 0 unspecified atom stereocenters. The van der Waals surface area contributed by atoms with Crippen LogP contribution in [-0.2, 0) is 0 Å². The Balaban J connectivity index is 2.25. The second-order valence-corrected chi connectivity index (χ2v) is 4.54. The third kappa shape index (κ3) is 1.62. The third-order valence-electron chi connectivity index (χ3n) is 2.92. The molecule has 1 aliphatic rings. The zero-order valence-corrected chi connectivity index (χ0v) is 10.7. The maximum atomic E-state index is 12.2. The minimum atomic E-state index is -0.853. The number of benzene rings is 1. The quantitative estimate of drug-likeness (QED) is 0.395. The van der Waals surface area contributed by atoms with Gasteiger partial charge in [0.1, 0.15) is 10.7 Å². The molecule has 7 nitrogen and oxygen atoms in total. The standard InChI is InChI=1S/C12H7N3O4S/c16-8-7(9(20)14-12(19)13-8)15-10(17)5-3-1-2-4-6(5)11(15)18/h1-4H,(H3,13,14,16,19,20). The summed E-state index contributed by atoms with van der Waals surface area (Å²) < 4.78 is 0. The van der Waals surface area contributed by atoms with Crippen molar-refractivity contribution in [1.82, 2.24) is 9.97 Å². The van der Waals surface area contributed by atoms with Gasteiger partial charge in [0, 0.05) is 0 Å². The molecule has 100 valence electrons. The van der Waals surface area contributed by atoms with E-state index in [4.69, 9.17) is 0 Å². The molecular formula is C12H7N3O4S. The fraction of sp³-hybridized carbons (Fsp3) is 0. The molecule has 0 saturated carbocycles. The normalized spacial score (nSPS) is 13.8. The van der Waals surface area contributed by atoms with E-state index < -0.39 is 23.1 Å². The first-order chi connectivity index (χ1) is 9.50. The largest absolute Gasteiger partial charge is 0.326 e. The van der Waals surface area contributed by atoms with Crippen molar-refractivity contribution in [1.29, 1.82) is 0 Å². The Morgan fingerprint density at radius 2 is 1.45 bits per heavy atom. The fourth-order valence-electron chi connectivity index (χ4n) is 2.07. The van der Waals surface area contributed by atoms with Gasteiger partial charge in [0.2, 0.25) is 0 Å². The molecule has 2 N–H and O–H groups in total. The first-order valence-electron chi connectivity index (χ1n) is 5.54. The van der Waals surface area contributed by atoms with Crippen molar-refractivity contribution in [2.24, 2.45) is 0 Å². The number of fused-ring (bicyclic) bond motifs is 1. The molecule has 0 bridgehead atoms. The summed E-state index contributed by atoms with van der Waals surface area (Å²) in [5, 5.41) is -0.145. The van der Waals surface area contributed by atoms with E-state index in [1.807, 2.05) is 4.98 Å². The number of carbonyl (C=O) groups excluding carboxylic acids is 2. The van der Waals surface area contributed by atoms with Crippen LogP contribution in [0.15, 0.2) is 38.9 Å². The molecule has 2 aromatic rings. The average Bonchev–Trinajstić information content (AvgIpc) is 2.64. The van der Waals surface area contributed by atoms with E-state index in [9.17, 15) is 19.2 Å². The summed E-state index contributed by atoms with van der Waals surface area (Å²) in [6.07, 6.45) is 0. The molecule has 1 aromatic heterocycles. The molecule has 0 saturated heterocycles. The number of hydrogen-bond donors (Lipinski definition) is 3. The fourth-order valence-corrected chi connectivity index (χ4v) is 2.37. The van der Waals surface area contributed by atoms with Crippen molar-refractivity contribution >= 4 is 30.1 Å². The number of nitrogens with one attached hydrogen (secondary N) is 2. The maximum absolute atomic E-state index is 12.2. The van der Waals surface area contributed by atoms with Crippen LogP contribution in [0.1, 0.15) is 20.7 Å². The SMILES string of the molecule is O=C1c2ccccc2C(=O)N1c1c(S)[nH]c(=O)[nH]c1=O. The Kier molecular flexibility index (Phi) is 2.61. The van der Waals surface area contributed by atoms with Crippen LogP contribution in [-0.4, -0.2) is 21.8 Å². The van der Waals surface area contributed by atoms with Gasteiger partial charge in [-0.05, 0) is 12.1 Å². The van der Waals surface area contributed by atoms with Crippen molar-refractivity contribution in [2.75, 3.05) is 4.90 Å². The average molecular weight is 289 g/mol. The minimum absolute atomic E-state index is 0.145. The van der Waals surface area contributed by atoms with Crippen molar-refractivity contribution in [2.45, 2.75) is 5.03 Å². The molecule has 0 spiro atoms. The van der Waals surface area contributed by atoms with Gasteiger partial charge < -0.3 is 4.98 Å². The summed E-state index contributed by atoms with van der Waals surface area (Å²) in [5.41, 5.74) is -1.50. The van der Waals surface area contributed by atoms with Gasteiger partial charge in [-0.1, -0.05) is 12.1 Å². The van der Waals surface area contributed by atoms with Gasteiger partial charge in [0.15, 0.2) is 0 Å². The number of nitrogens with zero attached hydrogens (tertiary/aromatic N) is 1. The van der Waals surface area contributed by atoms with Gasteiger partial charge in [-0.25, -0.2) is 9.69 Å². The van der Waals surface area contributed by atoms with Gasteiger partial charge in [-0.2, -0.15) is 0 Å². The Hall–Kier alpha value is -2.61. The van der Waals surface area contributed by atoms with Crippen LogP contribution in [0.2, 0.25) is 0 Å². The first kappa shape index (κ1) is 12.4. The second kappa shape index (κ2) is 4.20. The second-order valence-electron chi connectivity index (χ2n) is 4.10. The summed E-state index contributed by atoms with van der Waals surface area (Å²) >= 11 is 3.95. The smallest absolute Gasteiger partial charge is 0.300 e. The highest BCUT2D eigenvalue weighted by atomic mass is 32.1. The number of amides is 2. The lowest BCUT2D eigenvalue weighted by Gasteiger charge is -2.13. The van der Waals surface area contributed by atoms with Crippen LogP contribution < -0.4 is 16.1 Å². The first-order valence-corrected chi connectivity index (χ1v) is 5.99. The molecule has 20 heavy (non-hydrogen) atoms. The van der Waals surface area contributed by atoms with Crippen molar-refractivity contribution in [3.8, 4) is 0 Å². The van der Waals surface area contributed by atoms with Crippen LogP contribution in [0.25, 0.3) is 0 Å². The van der Waals surface area contributed by atoms with E-state index in [1.54, 1.807) is 12.1 Å². The molecule has 0 fully saturated rings. The Labute approximate surface area is 116 Å². The predicted molar refractivity (Wildman–Crippen MR) is 72.5 cm³/mol. The van der Waals surface area contributed by atoms with E-state index in [0.717, 1.165) is 0 Å². The molecule has 0 atom stereocenters. The van der Waals surface area contributed by atoms with Crippen LogP contribution in [0.3, 0.4) is 0 Å². The lowest BCUT2D eigenvalue weighted by molar-refractivity contribution is 0.0924. The zero-order valence-electron chi connectivity index (χ0n) is 9.84. The number of hydrogen-bond acceptors (Lipinski definition) is 5. The van der Waals surface area contributed by atoms with E-state index in [-0.39, 0.29) is 21.8 Å². The van der Waals surface area contributed by atoms with Crippen molar-refractivity contribution in [3.05, 3.63) is 56.2 Å². The molecule has 2 heterocycles. The van der Waals surface area contributed by atoms with Crippen molar-refractivity contribution < 1.29 is 9.59 Å². The van der Waals surface area contributed by atoms with Gasteiger partial charge >= 0.3 is 5.69 Å². The number of thiol groups is 1. The van der Waals surface area contributed by atoms with Gasteiger partial charge in [0.05, 0.1) is 11.1 Å². The molecular weight excluding hydrogens is 282 g/mol. The number of anilines is 1. The molecule has 1 aromatic carbocycles. The van der Waals surface area contributed by atoms with Crippen LogP contribution >= 0.6 is 12.6 Å². The number of H-pyrrole nitrogens is 2. The number of carbonyl (C=O) groups is 2. The summed E-state index contributed by atoms with van der Waals surface area (Å²) in [6.45, 7) is 0. The van der Waals surface area contributed by atoms with Crippen LogP contribution in [0, 0.1) is 0 Å². The Morgan fingerprint density at radius 3 is 1.95 bits per heavy atom. The maximum Gasteiger partial charge on any atom is 0.326 e. The third-order valence-corrected chi connectivity index (χ3v) is 3.24. The lowest BCUT2D eigenvalue weighted by Crippen LogP contribution is -2.37. The molecule has 1 aliphatic heterocycles. The molecule has 2 amide bonds. The Bertz CT molecular complexity index is 832. The number of aromatic nitrogens is 2. The topological polar surface area (TPSA) is 103 Å². The summed E-state index contributed by atoms with van der Waals surface area (Å²) in [6, 6.07) is 6.22. The highest BCUT2D eigenvalue weighted by molar-refractivity contribution is 7.80. The van der Waals surface area contributed by atoms with Gasteiger partial charge in [0.25, 0.3) is 17.4 Å². The zero-order chi connectivity index (χ0) is 14.4. The minimum Gasteiger partial charge on any atom is -0.300 e. The van der Waals surface area contributed by atoms with Gasteiger partial charge in [-0.3, -0.25) is 19.4 Å². The predicted octanol–water partition coefficient (Wildman–Crippen LogP) is 0.152. The number of aromatic amines is 2. The van der Waals surface area contributed by atoms with Crippen LogP contribution in [0.5, 0.6) is 0 Å². The van der Waals surface area contributed by atoms with Gasteiger partial charge in [-0.15, -0.1) is 12.6 Å². The lowest BCUT2D eigenvalue weighted by atomic mass is 10.1. The highest BCUT2D eigenvalue weighted by Gasteiger charge is 2.38. The van der Waals surface area contributed by atoms with Crippen LogP contribution in [0.4, 0.5) is 5.69 Å². The van der Waals surface area contributed by atoms with E-state index in [0.29, 0.717) is 4.90 Å². The monoisotopic (exact) mass is 289 g/mol. The van der Waals surface area contributed by atoms with Crippen molar-refractivity contribution in [3.63, 3.8) is 0 Å². The molecule has 0 radical (unpaired) electrons. The number of rotatable bonds is 1. The molecule has 8 heteroatoms. The van der Waals surface area contributed by atoms with E-state index >= 15 is 0 Å². The molecule has 0 aliphatic carbocycles. The van der Waals surface area contributed by atoms with E-state index in [1.165, 1.54) is 12.1 Å². The Morgan fingerprint density at radius 1 is 0.900 bits per heavy atom. The number of imide groups is 1. The molecule has 3 rings (SSSR count). The summed E-state index contributed by atoms with van der Waals surface area (Å²) in [5.74, 6) is -1.25.